The van der Waals surface area contributed by atoms with Crippen molar-refractivity contribution in [1.82, 2.24) is 4.98 Å². The lowest BCUT2D eigenvalue weighted by atomic mass is 10.3. The van der Waals surface area contributed by atoms with Crippen molar-refractivity contribution < 1.29 is 8.42 Å². The normalized spacial score (nSPS) is 11.3. The number of fused-ring (bicyclic) bond motifs is 1. The first kappa shape index (κ1) is 13.1. The number of nitriles is 1. The molecule has 0 radical (unpaired) electrons. The number of sulfonamides is 1. The molecule has 0 saturated carbocycles. The van der Waals surface area contributed by atoms with Gasteiger partial charge >= 0.3 is 0 Å². The molecule has 0 amide bonds. The van der Waals surface area contributed by atoms with Crippen LogP contribution in [0.1, 0.15) is 4.88 Å². The molecular weight excluding hydrogens is 314 g/mol. The summed E-state index contributed by atoms with van der Waals surface area (Å²) in [6.07, 6.45) is 0. The molecule has 2 heterocycles. The van der Waals surface area contributed by atoms with Crippen molar-refractivity contribution in [3.63, 3.8) is 0 Å². The average Bonchev–Trinajstić information content (AvgIpc) is 3.06. The van der Waals surface area contributed by atoms with E-state index < -0.39 is 10.0 Å². The number of nitrogens with zero attached hydrogens (tertiary/aromatic N) is 2. The predicted molar refractivity (Wildman–Crippen MR) is 79.5 cm³/mol. The van der Waals surface area contributed by atoms with Crippen molar-refractivity contribution >= 4 is 48.6 Å². The Balaban J connectivity index is 1.94. The van der Waals surface area contributed by atoms with Gasteiger partial charge in [0.25, 0.3) is 10.0 Å². The van der Waals surface area contributed by atoms with E-state index in [1.807, 2.05) is 6.07 Å². The summed E-state index contributed by atoms with van der Waals surface area (Å²) in [6, 6.07) is 10.0. The van der Waals surface area contributed by atoms with E-state index in [1.165, 1.54) is 23.5 Å². The molecular formula is C12H7N3O2S3. The number of hydrogen-bond donors (Lipinski definition) is 1. The van der Waals surface area contributed by atoms with E-state index in [0.29, 0.717) is 10.6 Å². The van der Waals surface area contributed by atoms with Gasteiger partial charge in [-0.1, -0.05) is 0 Å². The zero-order valence-electron chi connectivity index (χ0n) is 9.90. The molecule has 0 aliphatic rings. The molecule has 0 aliphatic carbocycles. The molecule has 0 saturated heterocycles. The Morgan fingerprint density at radius 2 is 2.10 bits per heavy atom. The zero-order chi connectivity index (χ0) is 14.2. The second-order valence-corrected chi connectivity index (χ2v) is 7.75. The third kappa shape index (κ3) is 2.38. The van der Waals surface area contributed by atoms with E-state index >= 15 is 0 Å². The molecule has 3 rings (SSSR count). The molecule has 0 atom stereocenters. The molecule has 8 heteroatoms. The van der Waals surface area contributed by atoms with Gasteiger partial charge in [-0.15, -0.1) is 22.7 Å². The van der Waals surface area contributed by atoms with E-state index in [1.54, 1.807) is 23.7 Å². The Bertz CT molecular complexity index is 919. The molecule has 0 fully saturated rings. The molecule has 20 heavy (non-hydrogen) atoms. The van der Waals surface area contributed by atoms with Crippen molar-refractivity contribution in [3.05, 3.63) is 40.7 Å². The maximum absolute atomic E-state index is 12.2. The Labute approximate surface area is 123 Å². The summed E-state index contributed by atoms with van der Waals surface area (Å²) in [7, 11) is -3.65. The van der Waals surface area contributed by atoms with Crippen LogP contribution in [0.4, 0.5) is 5.69 Å². The minimum atomic E-state index is -3.65. The molecule has 1 aromatic carbocycles. The number of aromatic nitrogens is 1. The van der Waals surface area contributed by atoms with Gasteiger partial charge < -0.3 is 0 Å². The first-order valence-corrected chi connectivity index (χ1v) is 8.62. The molecule has 1 N–H and O–H groups in total. The minimum absolute atomic E-state index is 0.124. The molecule has 2 aromatic heterocycles. The van der Waals surface area contributed by atoms with Crippen molar-refractivity contribution in [2.24, 2.45) is 0 Å². The first-order valence-electron chi connectivity index (χ1n) is 5.44. The average molecular weight is 321 g/mol. The van der Waals surface area contributed by atoms with Crippen molar-refractivity contribution in [2.75, 3.05) is 4.72 Å². The van der Waals surface area contributed by atoms with Gasteiger partial charge in [-0.05, 0) is 30.3 Å². The minimum Gasteiger partial charge on any atom is -0.279 e. The van der Waals surface area contributed by atoms with Crippen LogP contribution in [0.15, 0.2) is 40.1 Å². The number of thiazole rings is 1. The molecule has 0 unspecified atom stereocenters. The topological polar surface area (TPSA) is 82.8 Å². The van der Waals surface area contributed by atoms with Gasteiger partial charge in [-0.25, -0.2) is 13.4 Å². The molecule has 0 bridgehead atoms. The lowest BCUT2D eigenvalue weighted by Gasteiger charge is -2.05. The van der Waals surface area contributed by atoms with Gasteiger partial charge in [0.05, 0.1) is 21.4 Å². The van der Waals surface area contributed by atoms with E-state index in [-0.39, 0.29) is 4.21 Å². The van der Waals surface area contributed by atoms with Crippen LogP contribution in [0.5, 0.6) is 0 Å². The van der Waals surface area contributed by atoms with Crippen molar-refractivity contribution in [2.45, 2.75) is 4.21 Å². The number of nitrogens with one attached hydrogen (secondary N) is 1. The van der Waals surface area contributed by atoms with Gasteiger partial charge in [-0.2, -0.15) is 5.26 Å². The van der Waals surface area contributed by atoms with Crippen molar-refractivity contribution in [3.8, 4) is 6.07 Å². The Kier molecular flexibility index (Phi) is 3.17. The Hall–Kier alpha value is -1.95. The summed E-state index contributed by atoms with van der Waals surface area (Å²) < 4.78 is 27.9. The van der Waals surface area contributed by atoms with Gasteiger partial charge in [0.1, 0.15) is 15.2 Å². The summed E-state index contributed by atoms with van der Waals surface area (Å²) >= 11 is 2.39. The second kappa shape index (κ2) is 4.86. The first-order chi connectivity index (χ1) is 9.58. The molecule has 0 aliphatic heterocycles. The molecule has 5 nitrogen and oxygen atoms in total. The highest BCUT2D eigenvalue weighted by Gasteiger charge is 2.17. The summed E-state index contributed by atoms with van der Waals surface area (Å²) in [5, 5.41) is 8.74. The van der Waals surface area contributed by atoms with Crippen LogP contribution in [0.2, 0.25) is 0 Å². The zero-order valence-corrected chi connectivity index (χ0v) is 12.3. The van der Waals surface area contributed by atoms with E-state index in [4.69, 9.17) is 5.26 Å². The SMILES string of the molecule is N#Cc1ccc(S(=O)(=O)Nc2ccc3ncsc3c2)s1. The van der Waals surface area contributed by atoms with Crippen LogP contribution < -0.4 is 4.72 Å². The van der Waals surface area contributed by atoms with Crippen LogP contribution in [0.25, 0.3) is 10.2 Å². The van der Waals surface area contributed by atoms with Gasteiger partial charge in [0.15, 0.2) is 0 Å². The van der Waals surface area contributed by atoms with Crippen LogP contribution >= 0.6 is 22.7 Å². The smallest absolute Gasteiger partial charge is 0.271 e. The quantitative estimate of drug-likeness (QED) is 0.803. The van der Waals surface area contributed by atoms with Crippen LogP contribution in [0.3, 0.4) is 0 Å². The highest BCUT2D eigenvalue weighted by Crippen LogP contribution is 2.26. The standard InChI is InChI=1S/C12H7N3O2S3/c13-6-9-2-4-12(19-9)20(16,17)15-8-1-3-10-11(5-8)18-7-14-10/h1-5,7,15H. The number of hydrogen-bond acceptors (Lipinski definition) is 6. The Morgan fingerprint density at radius 3 is 2.85 bits per heavy atom. The summed E-state index contributed by atoms with van der Waals surface area (Å²) in [4.78, 5) is 4.50. The number of benzene rings is 1. The lowest BCUT2D eigenvalue weighted by Crippen LogP contribution is -2.11. The molecule has 100 valence electrons. The monoisotopic (exact) mass is 321 g/mol. The Morgan fingerprint density at radius 1 is 1.25 bits per heavy atom. The second-order valence-electron chi connectivity index (χ2n) is 3.87. The van der Waals surface area contributed by atoms with Gasteiger partial charge in [-0.3, -0.25) is 4.72 Å². The van der Waals surface area contributed by atoms with Gasteiger partial charge in [0.2, 0.25) is 0 Å². The van der Waals surface area contributed by atoms with E-state index in [9.17, 15) is 8.42 Å². The van der Waals surface area contributed by atoms with Crippen LogP contribution in [-0.4, -0.2) is 13.4 Å². The number of rotatable bonds is 3. The van der Waals surface area contributed by atoms with Crippen LogP contribution in [0, 0.1) is 11.3 Å². The summed E-state index contributed by atoms with van der Waals surface area (Å²) in [5.41, 5.74) is 3.02. The maximum Gasteiger partial charge on any atom is 0.271 e. The largest absolute Gasteiger partial charge is 0.279 e. The molecule has 0 spiro atoms. The fourth-order valence-electron chi connectivity index (χ4n) is 1.65. The third-order valence-electron chi connectivity index (χ3n) is 2.54. The highest BCUT2D eigenvalue weighted by molar-refractivity contribution is 7.94. The van der Waals surface area contributed by atoms with Crippen LogP contribution in [-0.2, 0) is 10.0 Å². The number of anilines is 1. The fraction of sp³-hybridized carbons (Fsp3) is 0. The van der Waals surface area contributed by atoms with Gasteiger partial charge in [0, 0.05) is 0 Å². The number of thiophene rings is 1. The fourth-order valence-corrected chi connectivity index (χ4v) is 4.52. The van der Waals surface area contributed by atoms with E-state index in [2.05, 4.69) is 9.71 Å². The summed E-state index contributed by atoms with van der Waals surface area (Å²) in [5.74, 6) is 0. The van der Waals surface area contributed by atoms with Crippen molar-refractivity contribution in [1.29, 1.82) is 5.26 Å². The third-order valence-corrected chi connectivity index (χ3v) is 6.19. The van der Waals surface area contributed by atoms with E-state index in [0.717, 1.165) is 21.6 Å². The summed E-state index contributed by atoms with van der Waals surface area (Å²) in [6.45, 7) is 0. The molecule has 3 aromatic rings. The highest BCUT2D eigenvalue weighted by atomic mass is 32.2. The lowest BCUT2D eigenvalue weighted by molar-refractivity contribution is 0.603. The predicted octanol–water partition coefficient (Wildman–Crippen LogP) is 3.03. The maximum atomic E-state index is 12.2.